The lowest BCUT2D eigenvalue weighted by Gasteiger charge is -2.09. The van der Waals surface area contributed by atoms with Gasteiger partial charge in [0.2, 0.25) is 5.88 Å². The van der Waals surface area contributed by atoms with E-state index in [1.165, 1.54) is 25.3 Å². The Hall–Kier alpha value is -2.76. The first-order valence-corrected chi connectivity index (χ1v) is 5.87. The fourth-order valence-electron chi connectivity index (χ4n) is 1.56. The third-order valence-electron chi connectivity index (χ3n) is 2.45. The van der Waals surface area contributed by atoms with Crippen LogP contribution in [0, 0.1) is 17.1 Å². The number of nitrogens with one attached hydrogen (secondary N) is 1. The van der Waals surface area contributed by atoms with Gasteiger partial charge in [-0.1, -0.05) is 0 Å². The summed E-state index contributed by atoms with van der Waals surface area (Å²) in [7, 11) is 1.50. The zero-order valence-corrected chi connectivity index (χ0v) is 11.1. The van der Waals surface area contributed by atoms with Crippen molar-refractivity contribution in [3.8, 4) is 17.7 Å². The Labute approximate surface area is 120 Å². The molecule has 0 saturated carbocycles. The van der Waals surface area contributed by atoms with Gasteiger partial charge in [0.05, 0.1) is 5.56 Å². The summed E-state index contributed by atoms with van der Waals surface area (Å²) in [5, 5.41) is 8.68. The number of hydrogen-bond donors (Lipinski definition) is 2. The molecule has 0 aliphatic carbocycles. The lowest BCUT2D eigenvalue weighted by molar-refractivity contribution is 0.177. The molecule has 0 amide bonds. The Balaban J connectivity index is 2.28. The molecule has 0 unspecified atom stereocenters. The first-order valence-electron chi connectivity index (χ1n) is 5.87. The standard InChI is InChI=1S/C13H12FN5O2/c1-20-7-12-17-11(19-16)5-13(18-12)21-9-3-2-8(6-15)10(14)4-9/h2-5H,7,16H2,1H3,(H,17,18,19). The van der Waals surface area contributed by atoms with E-state index >= 15 is 0 Å². The van der Waals surface area contributed by atoms with E-state index in [4.69, 9.17) is 20.6 Å². The van der Waals surface area contributed by atoms with Gasteiger partial charge in [0, 0.05) is 19.2 Å². The molecule has 0 atom stereocenters. The van der Waals surface area contributed by atoms with Crippen LogP contribution in [0.3, 0.4) is 0 Å². The quantitative estimate of drug-likeness (QED) is 0.637. The van der Waals surface area contributed by atoms with Crippen LogP contribution in [-0.2, 0) is 11.3 Å². The van der Waals surface area contributed by atoms with E-state index in [-0.39, 0.29) is 23.8 Å². The molecule has 0 bridgehead atoms. The number of methoxy groups -OCH3 is 1. The summed E-state index contributed by atoms with van der Waals surface area (Å²) in [4.78, 5) is 8.16. The first-order chi connectivity index (χ1) is 10.2. The van der Waals surface area contributed by atoms with Crippen molar-refractivity contribution >= 4 is 5.82 Å². The first kappa shape index (κ1) is 14.6. The van der Waals surface area contributed by atoms with Gasteiger partial charge in [-0.05, 0) is 12.1 Å². The van der Waals surface area contributed by atoms with Crippen LogP contribution in [0.2, 0.25) is 0 Å². The molecule has 2 rings (SSSR count). The van der Waals surface area contributed by atoms with Crippen molar-refractivity contribution in [1.29, 1.82) is 5.26 Å². The number of nitrogens with two attached hydrogens (primary N) is 1. The average molecular weight is 289 g/mol. The van der Waals surface area contributed by atoms with E-state index < -0.39 is 5.82 Å². The molecule has 7 nitrogen and oxygen atoms in total. The fourth-order valence-corrected chi connectivity index (χ4v) is 1.56. The van der Waals surface area contributed by atoms with Gasteiger partial charge in [-0.2, -0.15) is 10.2 Å². The molecule has 1 heterocycles. The number of aromatic nitrogens is 2. The Bertz CT molecular complexity index is 687. The second-order valence-corrected chi connectivity index (χ2v) is 3.94. The highest BCUT2D eigenvalue weighted by Gasteiger charge is 2.08. The van der Waals surface area contributed by atoms with E-state index in [9.17, 15) is 4.39 Å². The SMILES string of the molecule is COCc1nc(NN)cc(Oc2ccc(C#N)c(F)c2)n1. The largest absolute Gasteiger partial charge is 0.439 e. The number of benzene rings is 1. The predicted octanol–water partition coefficient (Wildman–Crippen LogP) is 1.71. The number of ether oxygens (including phenoxy) is 2. The van der Waals surface area contributed by atoms with Crippen LogP contribution in [0.25, 0.3) is 0 Å². The Morgan fingerprint density at radius 3 is 2.81 bits per heavy atom. The van der Waals surface area contributed by atoms with Crippen LogP contribution in [0.4, 0.5) is 10.2 Å². The van der Waals surface area contributed by atoms with Gasteiger partial charge in [-0.25, -0.2) is 15.2 Å². The molecule has 108 valence electrons. The lowest BCUT2D eigenvalue weighted by Crippen LogP contribution is -2.11. The number of nitrogen functional groups attached to an aromatic ring is 1. The van der Waals surface area contributed by atoms with Crippen LogP contribution in [0.5, 0.6) is 11.6 Å². The van der Waals surface area contributed by atoms with Gasteiger partial charge in [-0.15, -0.1) is 0 Å². The highest BCUT2D eigenvalue weighted by atomic mass is 19.1. The van der Waals surface area contributed by atoms with E-state index in [2.05, 4.69) is 15.4 Å². The molecule has 0 aliphatic rings. The second-order valence-electron chi connectivity index (χ2n) is 3.94. The molecule has 0 aliphatic heterocycles. The molecular weight excluding hydrogens is 277 g/mol. The Morgan fingerprint density at radius 2 is 2.19 bits per heavy atom. The summed E-state index contributed by atoms with van der Waals surface area (Å²) in [6.45, 7) is 0.174. The van der Waals surface area contributed by atoms with E-state index in [1.54, 1.807) is 6.07 Å². The summed E-state index contributed by atoms with van der Waals surface area (Å²) in [6, 6.07) is 7.08. The Morgan fingerprint density at radius 1 is 1.38 bits per heavy atom. The van der Waals surface area contributed by atoms with Crippen molar-refractivity contribution in [2.75, 3.05) is 12.5 Å². The van der Waals surface area contributed by atoms with Crippen LogP contribution in [0.1, 0.15) is 11.4 Å². The summed E-state index contributed by atoms with van der Waals surface area (Å²) in [5.41, 5.74) is 2.32. The number of anilines is 1. The van der Waals surface area contributed by atoms with Gasteiger partial charge in [0.15, 0.2) is 5.82 Å². The van der Waals surface area contributed by atoms with Crippen molar-refractivity contribution in [3.63, 3.8) is 0 Å². The molecule has 2 aromatic rings. The Kier molecular flexibility index (Phi) is 4.61. The van der Waals surface area contributed by atoms with E-state index in [0.717, 1.165) is 6.07 Å². The van der Waals surface area contributed by atoms with Crippen molar-refractivity contribution in [2.24, 2.45) is 5.84 Å². The highest BCUT2D eigenvalue weighted by molar-refractivity contribution is 5.41. The summed E-state index contributed by atoms with van der Waals surface area (Å²) >= 11 is 0. The molecule has 21 heavy (non-hydrogen) atoms. The maximum atomic E-state index is 13.5. The minimum Gasteiger partial charge on any atom is -0.439 e. The zero-order chi connectivity index (χ0) is 15.2. The van der Waals surface area contributed by atoms with Gasteiger partial charge in [0.1, 0.15) is 30.1 Å². The van der Waals surface area contributed by atoms with Crippen LogP contribution >= 0.6 is 0 Å². The molecule has 0 saturated heterocycles. The topological polar surface area (TPSA) is 106 Å². The number of hydrogen-bond acceptors (Lipinski definition) is 7. The summed E-state index contributed by atoms with van der Waals surface area (Å²) in [5.74, 6) is 5.71. The van der Waals surface area contributed by atoms with Gasteiger partial charge in [-0.3, -0.25) is 0 Å². The average Bonchev–Trinajstić information content (AvgIpc) is 2.47. The summed E-state index contributed by atoms with van der Waals surface area (Å²) < 4.78 is 23.9. The number of nitriles is 1. The molecule has 0 radical (unpaired) electrons. The number of nitrogens with zero attached hydrogens (tertiary/aromatic N) is 3. The second kappa shape index (κ2) is 6.60. The maximum absolute atomic E-state index is 13.5. The third-order valence-corrected chi connectivity index (χ3v) is 2.45. The normalized spacial score (nSPS) is 10.0. The molecule has 0 fully saturated rings. The van der Waals surface area contributed by atoms with Crippen molar-refractivity contribution in [3.05, 3.63) is 41.5 Å². The summed E-state index contributed by atoms with van der Waals surface area (Å²) in [6.07, 6.45) is 0. The van der Waals surface area contributed by atoms with Gasteiger partial charge < -0.3 is 14.9 Å². The fraction of sp³-hybridized carbons (Fsp3) is 0.154. The number of hydrazine groups is 1. The van der Waals surface area contributed by atoms with Crippen LogP contribution in [-0.4, -0.2) is 17.1 Å². The zero-order valence-electron chi connectivity index (χ0n) is 11.1. The molecular formula is C13H12FN5O2. The van der Waals surface area contributed by atoms with Crippen LogP contribution in [0.15, 0.2) is 24.3 Å². The molecule has 1 aromatic heterocycles. The van der Waals surface area contributed by atoms with Crippen molar-refractivity contribution < 1.29 is 13.9 Å². The minimum atomic E-state index is -0.668. The monoisotopic (exact) mass is 289 g/mol. The smallest absolute Gasteiger partial charge is 0.224 e. The molecule has 1 aromatic carbocycles. The maximum Gasteiger partial charge on any atom is 0.224 e. The third kappa shape index (κ3) is 3.62. The van der Waals surface area contributed by atoms with Crippen molar-refractivity contribution in [1.82, 2.24) is 9.97 Å². The number of halogens is 1. The van der Waals surface area contributed by atoms with Crippen molar-refractivity contribution in [2.45, 2.75) is 6.61 Å². The number of rotatable bonds is 5. The van der Waals surface area contributed by atoms with Crippen LogP contribution < -0.4 is 16.0 Å². The van der Waals surface area contributed by atoms with E-state index in [1.807, 2.05) is 0 Å². The van der Waals surface area contributed by atoms with Gasteiger partial charge in [0.25, 0.3) is 0 Å². The molecule has 0 spiro atoms. The lowest BCUT2D eigenvalue weighted by atomic mass is 10.2. The molecule has 3 N–H and O–H groups in total. The predicted molar refractivity (Wildman–Crippen MR) is 71.7 cm³/mol. The van der Waals surface area contributed by atoms with E-state index in [0.29, 0.717) is 11.6 Å². The van der Waals surface area contributed by atoms with Gasteiger partial charge >= 0.3 is 0 Å². The highest BCUT2D eigenvalue weighted by Crippen LogP contribution is 2.23. The molecule has 8 heteroatoms. The minimum absolute atomic E-state index is 0.0607.